The van der Waals surface area contributed by atoms with Gasteiger partial charge in [0.2, 0.25) is 11.8 Å². The average molecular weight is 242 g/mol. The lowest BCUT2D eigenvalue weighted by Gasteiger charge is -2.33. The summed E-state index contributed by atoms with van der Waals surface area (Å²) in [7, 11) is 1.61. The maximum Gasteiger partial charge on any atom is 0.248 e. The zero-order valence-electron chi connectivity index (χ0n) is 10.9. The summed E-state index contributed by atoms with van der Waals surface area (Å²) in [6.07, 6.45) is 1.62. The summed E-state index contributed by atoms with van der Waals surface area (Å²) in [4.78, 5) is 25.8. The number of carbonyl (C=O) groups is 2. The Labute approximate surface area is 102 Å². The van der Waals surface area contributed by atoms with Crippen molar-refractivity contribution in [1.29, 1.82) is 0 Å². The fourth-order valence-corrected chi connectivity index (χ4v) is 2.17. The zero-order valence-corrected chi connectivity index (χ0v) is 10.9. The molecule has 2 amide bonds. The van der Waals surface area contributed by atoms with Gasteiger partial charge in [-0.1, -0.05) is 13.8 Å². The summed E-state index contributed by atoms with van der Waals surface area (Å²) in [5, 5.41) is 2.88. The lowest BCUT2D eigenvalue weighted by Crippen LogP contribution is -2.56. The Morgan fingerprint density at radius 3 is 2.53 bits per heavy atom. The Kier molecular flexibility index (Phi) is 4.93. The van der Waals surface area contributed by atoms with Gasteiger partial charge in [0.25, 0.3) is 0 Å². The van der Waals surface area contributed by atoms with Crippen molar-refractivity contribution in [1.82, 2.24) is 10.2 Å². The molecule has 5 nitrogen and oxygen atoms in total. The van der Waals surface area contributed by atoms with Gasteiger partial charge >= 0.3 is 0 Å². The molecule has 1 N–H and O–H groups in total. The molecule has 1 heterocycles. The molecule has 1 rings (SSSR count). The van der Waals surface area contributed by atoms with Crippen LogP contribution in [-0.4, -0.2) is 49.1 Å². The standard InChI is InChI=1S/C12H22N2O3/c1-4-12(5-2)11(16)14(8-9-17-3)7-6-10(15)13-12/h4-9H2,1-3H3,(H,13,15). The van der Waals surface area contributed by atoms with Crippen molar-refractivity contribution in [3.63, 3.8) is 0 Å². The number of nitrogens with zero attached hydrogens (tertiary/aromatic N) is 1. The van der Waals surface area contributed by atoms with E-state index in [4.69, 9.17) is 4.74 Å². The number of rotatable bonds is 5. The van der Waals surface area contributed by atoms with E-state index >= 15 is 0 Å². The third kappa shape index (κ3) is 2.97. The van der Waals surface area contributed by atoms with Crippen LogP contribution in [0.1, 0.15) is 33.1 Å². The molecular formula is C12H22N2O3. The number of carbonyl (C=O) groups excluding carboxylic acids is 2. The van der Waals surface area contributed by atoms with E-state index in [0.717, 1.165) is 0 Å². The average Bonchev–Trinajstić information content (AvgIpc) is 2.46. The van der Waals surface area contributed by atoms with Crippen LogP contribution in [0.5, 0.6) is 0 Å². The van der Waals surface area contributed by atoms with Crippen molar-refractivity contribution in [2.24, 2.45) is 0 Å². The number of hydrogen-bond donors (Lipinski definition) is 1. The van der Waals surface area contributed by atoms with Crippen LogP contribution in [0.4, 0.5) is 0 Å². The highest BCUT2D eigenvalue weighted by Crippen LogP contribution is 2.21. The second-order valence-electron chi connectivity index (χ2n) is 4.37. The normalized spacial score (nSPS) is 20.1. The van der Waals surface area contributed by atoms with Gasteiger partial charge in [-0.25, -0.2) is 0 Å². The van der Waals surface area contributed by atoms with Crippen LogP contribution in [-0.2, 0) is 14.3 Å². The van der Waals surface area contributed by atoms with Crippen molar-refractivity contribution in [3.05, 3.63) is 0 Å². The van der Waals surface area contributed by atoms with E-state index in [1.807, 2.05) is 13.8 Å². The van der Waals surface area contributed by atoms with Crippen LogP contribution in [0.15, 0.2) is 0 Å². The van der Waals surface area contributed by atoms with Crippen LogP contribution >= 0.6 is 0 Å². The number of hydrogen-bond acceptors (Lipinski definition) is 3. The predicted octanol–water partition coefficient (Wildman–Crippen LogP) is 0.540. The molecule has 0 radical (unpaired) electrons. The molecule has 1 aliphatic heterocycles. The number of amides is 2. The highest BCUT2D eigenvalue weighted by atomic mass is 16.5. The quantitative estimate of drug-likeness (QED) is 0.765. The van der Waals surface area contributed by atoms with Crippen LogP contribution < -0.4 is 5.32 Å². The van der Waals surface area contributed by atoms with E-state index in [9.17, 15) is 9.59 Å². The van der Waals surface area contributed by atoms with Crippen molar-refractivity contribution in [3.8, 4) is 0 Å². The largest absolute Gasteiger partial charge is 0.383 e. The van der Waals surface area contributed by atoms with Gasteiger partial charge in [0, 0.05) is 26.6 Å². The van der Waals surface area contributed by atoms with Gasteiger partial charge in [0.15, 0.2) is 0 Å². The molecule has 0 aromatic rings. The fourth-order valence-electron chi connectivity index (χ4n) is 2.17. The maximum absolute atomic E-state index is 12.4. The van der Waals surface area contributed by atoms with Crippen LogP contribution in [0.3, 0.4) is 0 Å². The lowest BCUT2D eigenvalue weighted by atomic mass is 9.91. The molecule has 17 heavy (non-hydrogen) atoms. The van der Waals surface area contributed by atoms with E-state index in [1.165, 1.54) is 0 Å². The van der Waals surface area contributed by atoms with Gasteiger partial charge in [-0.15, -0.1) is 0 Å². The Balaban J connectivity index is 2.88. The third-order valence-electron chi connectivity index (χ3n) is 3.46. The second-order valence-corrected chi connectivity index (χ2v) is 4.37. The SMILES string of the molecule is CCC1(CC)NC(=O)CCN(CCOC)C1=O. The monoisotopic (exact) mass is 242 g/mol. The fraction of sp³-hybridized carbons (Fsp3) is 0.833. The first-order valence-electron chi connectivity index (χ1n) is 6.19. The van der Waals surface area contributed by atoms with E-state index in [0.29, 0.717) is 39.0 Å². The lowest BCUT2D eigenvalue weighted by molar-refractivity contribution is -0.139. The van der Waals surface area contributed by atoms with E-state index in [-0.39, 0.29) is 11.8 Å². The Bertz CT molecular complexity index is 287. The Hall–Kier alpha value is -1.10. The molecule has 5 heteroatoms. The highest BCUT2D eigenvalue weighted by molar-refractivity contribution is 5.93. The molecule has 0 spiro atoms. The van der Waals surface area contributed by atoms with Crippen molar-refractivity contribution in [2.45, 2.75) is 38.6 Å². The van der Waals surface area contributed by atoms with Crippen molar-refractivity contribution >= 4 is 11.8 Å². The molecule has 98 valence electrons. The maximum atomic E-state index is 12.4. The van der Waals surface area contributed by atoms with Crippen molar-refractivity contribution in [2.75, 3.05) is 26.8 Å². The van der Waals surface area contributed by atoms with Gasteiger partial charge in [0.1, 0.15) is 5.54 Å². The molecule has 0 saturated carbocycles. The Morgan fingerprint density at radius 2 is 2.00 bits per heavy atom. The summed E-state index contributed by atoms with van der Waals surface area (Å²) < 4.78 is 5.00. The molecule has 0 atom stereocenters. The minimum Gasteiger partial charge on any atom is -0.383 e. The summed E-state index contributed by atoms with van der Waals surface area (Å²) >= 11 is 0. The molecule has 1 aliphatic rings. The summed E-state index contributed by atoms with van der Waals surface area (Å²) in [6, 6.07) is 0. The summed E-state index contributed by atoms with van der Waals surface area (Å²) in [5.41, 5.74) is -0.721. The summed E-state index contributed by atoms with van der Waals surface area (Å²) in [6.45, 7) is 5.40. The van der Waals surface area contributed by atoms with E-state index in [2.05, 4.69) is 5.32 Å². The first-order chi connectivity index (χ1) is 8.09. The molecule has 0 aromatic carbocycles. The zero-order chi connectivity index (χ0) is 12.9. The first kappa shape index (κ1) is 14.0. The smallest absolute Gasteiger partial charge is 0.248 e. The van der Waals surface area contributed by atoms with Gasteiger partial charge in [-0.2, -0.15) is 0 Å². The molecular weight excluding hydrogens is 220 g/mol. The van der Waals surface area contributed by atoms with Gasteiger partial charge in [-0.3, -0.25) is 9.59 Å². The minimum atomic E-state index is -0.721. The molecule has 0 aromatic heterocycles. The highest BCUT2D eigenvalue weighted by Gasteiger charge is 2.41. The molecule has 1 saturated heterocycles. The van der Waals surface area contributed by atoms with E-state index < -0.39 is 5.54 Å². The van der Waals surface area contributed by atoms with Gasteiger partial charge < -0.3 is 15.0 Å². The third-order valence-corrected chi connectivity index (χ3v) is 3.46. The topological polar surface area (TPSA) is 58.6 Å². The first-order valence-corrected chi connectivity index (χ1v) is 6.19. The van der Waals surface area contributed by atoms with Crippen molar-refractivity contribution < 1.29 is 14.3 Å². The number of methoxy groups -OCH3 is 1. The second kappa shape index (κ2) is 6.00. The Morgan fingerprint density at radius 1 is 1.35 bits per heavy atom. The van der Waals surface area contributed by atoms with E-state index in [1.54, 1.807) is 12.0 Å². The minimum absolute atomic E-state index is 0.0189. The van der Waals surface area contributed by atoms with Crippen LogP contribution in [0.25, 0.3) is 0 Å². The van der Waals surface area contributed by atoms with Crippen LogP contribution in [0, 0.1) is 0 Å². The molecule has 0 bridgehead atoms. The predicted molar refractivity (Wildman–Crippen MR) is 64.5 cm³/mol. The molecule has 1 fully saturated rings. The number of nitrogens with one attached hydrogen (secondary N) is 1. The van der Waals surface area contributed by atoms with Gasteiger partial charge in [0.05, 0.1) is 6.61 Å². The van der Waals surface area contributed by atoms with Crippen LogP contribution in [0.2, 0.25) is 0 Å². The summed E-state index contributed by atoms with van der Waals surface area (Å²) in [5.74, 6) is -0.0210. The number of ether oxygens (including phenoxy) is 1. The van der Waals surface area contributed by atoms with Gasteiger partial charge in [-0.05, 0) is 12.8 Å². The molecule has 0 unspecified atom stereocenters. The molecule has 0 aliphatic carbocycles.